The molecule has 1 N–H and O–H groups in total. The molecule has 8 nitrogen and oxygen atoms in total. The second-order valence-electron chi connectivity index (χ2n) is 9.33. The van der Waals surface area contributed by atoms with Gasteiger partial charge in [-0.1, -0.05) is 45.8 Å². The second kappa shape index (κ2) is 9.79. The Morgan fingerprint density at radius 3 is 2.57 bits per heavy atom. The van der Waals surface area contributed by atoms with Crippen molar-refractivity contribution in [3.05, 3.63) is 57.3 Å². The van der Waals surface area contributed by atoms with E-state index in [1.165, 1.54) is 24.5 Å². The summed E-state index contributed by atoms with van der Waals surface area (Å²) in [4.78, 5) is 20.9. The third-order valence-corrected chi connectivity index (χ3v) is 8.60. The third kappa shape index (κ3) is 4.65. The first-order valence-electron chi connectivity index (χ1n) is 12.0. The fraction of sp³-hybridized carbons (Fsp3) is 0.346. The van der Waals surface area contributed by atoms with Gasteiger partial charge in [-0.25, -0.2) is 9.78 Å². The molecule has 3 heterocycles. The van der Waals surface area contributed by atoms with Gasteiger partial charge < -0.3 is 19.3 Å². The van der Waals surface area contributed by atoms with Gasteiger partial charge in [0.15, 0.2) is 5.13 Å². The predicted molar refractivity (Wildman–Crippen MR) is 145 cm³/mol. The van der Waals surface area contributed by atoms with Gasteiger partial charge in [0.1, 0.15) is 22.7 Å². The molecule has 2 fully saturated rings. The number of anilines is 1. The van der Waals surface area contributed by atoms with Crippen molar-refractivity contribution in [3.8, 4) is 17.0 Å². The van der Waals surface area contributed by atoms with Gasteiger partial charge in [0, 0.05) is 49.8 Å². The Labute approximate surface area is 227 Å². The minimum Gasteiger partial charge on any atom is -0.494 e. The molecule has 2 aromatic heterocycles. The van der Waals surface area contributed by atoms with Gasteiger partial charge in [-0.15, -0.1) is 0 Å². The summed E-state index contributed by atoms with van der Waals surface area (Å²) in [7, 11) is 1.53. The molecule has 0 bridgehead atoms. The Kier molecular flexibility index (Phi) is 6.48. The van der Waals surface area contributed by atoms with E-state index in [0.717, 1.165) is 71.4 Å². The van der Waals surface area contributed by atoms with Crippen molar-refractivity contribution < 1.29 is 19.2 Å². The lowest BCUT2D eigenvalue weighted by Crippen LogP contribution is -2.46. The van der Waals surface area contributed by atoms with Crippen LogP contribution in [0.4, 0.5) is 5.13 Å². The number of carbonyl (C=O) groups is 1. The average molecular weight is 559 g/mol. The van der Waals surface area contributed by atoms with Gasteiger partial charge in [-0.05, 0) is 37.1 Å². The van der Waals surface area contributed by atoms with E-state index in [0.29, 0.717) is 33.8 Å². The fourth-order valence-corrected chi connectivity index (χ4v) is 6.43. The number of aromatic nitrogens is 2. The van der Waals surface area contributed by atoms with Crippen LogP contribution >= 0.6 is 34.5 Å². The second-order valence-corrected chi connectivity index (χ2v) is 11.2. The molecular formula is C26H24Cl2N4O4S. The molecule has 1 aliphatic heterocycles. The summed E-state index contributed by atoms with van der Waals surface area (Å²) in [5.41, 5.74) is 3.40. The number of hydrogen-bond acceptors (Lipinski definition) is 8. The summed E-state index contributed by atoms with van der Waals surface area (Å²) in [5, 5.41) is 15.8. The molecule has 37 heavy (non-hydrogen) atoms. The minimum absolute atomic E-state index is 0.194. The number of benzene rings is 2. The number of thiazole rings is 1. The normalized spacial score (nSPS) is 16.5. The Balaban J connectivity index is 1.22. The highest BCUT2D eigenvalue weighted by Gasteiger charge is 2.34. The van der Waals surface area contributed by atoms with Crippen molar-refractivity contribution in [2.75, 3.05) is 38.2 Å². The monoisotopic (exact) mass is 558 g/mol. The van der Waals surface area contributed by atoms with Crippen molar-refractivity contribution in [3.63, 3.8) is 0 Å². The van der Waals surface area contributed by atoms with E-state index in [2.05, 4.69) is 15.0 Å². The van der Waals surface area contributed by atoms with Crippen LogP contribution in [0.3, 0.4) is 0 Å². The van der Waals surface area contributed by atoms with Crippen molar-refractivity contribution in [1.82, 2.24) is 15.0 Å². The van der Waals surface area contributed by atoms with E-state index >= 15 is 0 Å². The van der Waals surface area contributed by atoms with Crippen LogP contribution in [0.1, 0.15) is 40.4 Å². The standard InChI is InChI=1S/C26H24Cl2N4O4S/c1-35-19-11-15(25(33)34)12-20-23(19)29-26(37-20)32-9-7-31(8-10-32)13-16-22(30-36-24(16)14-5-6-14)21-17(27)3-2-4-18(21)28/h2-4,11-12,14H,5-10,13H2,1H3,(H,33,34). The van der Waals surface area contributed by atoms with Gasteiger partial charge in [0.05, 0.1) is 27.4 Å². The van der Waals surface area contributed by atoms with Crippen LogP contribution in [0.5, 0.6) is 5.75 Å². The molecular weight excluding hydrogens is 535 g/mol. The molecule has 0 unspecified atom stereocenters. The molecule has 1 aliphatic carbocycles. The number of halogens is 2. The first-order valence-corrected chi connectivity index (χ1v) is 13.6. The number of aromatic carboxylic acids is 1. The Morgan fingerprint density at radius 2 is 1.92 bits per heavy atom. The maximum atomic E-state index is 11.5. The lowest BCUT2D eigenvalue weighted by Gasteiger charge is -2.34. The summed E-state index contributed by atoms with van der Waals surface area (Å²) in [6.07, 6.45) is 2.21. The highest BCUT2D eigenvalue weighted by molar-refractivity contribution is 7.22. The molecule has 4 aromatic rings. The highest BCUT2D eigenvalue weighted by atomic mass is 35.5. The van der Waals surface area contributed by atoms with Gasteiger partial charge in [0.2, 0.25) is 0 Å². The fourth-order valence-electron chi connectivity index (χ4n) is 4.78. The lowest BCUT2D eigenvalue weighted by molar-refractivity contribution is 0.0696. The minimum atomic E-state index is -0.986. The Morgan fingerprint density at radius 1 is 1.19 bits per heavy atom. The molecule has 1 saturated heterocycles. The molecule has 6 rings (SSSR count). The van der Waals surface area contributed by atoms with Gasteiger partial charge in [-0.3, -0.25) is 4.90 Å². The SMILES string of the molecule is COc1cc(C(=O)O)cc2sc(N3CCN(Cc4c(-c5c(Cl)cccc5Cl)noc4C4CC4)CC3)nc12. The number of carboxylic acids is 1. The van der Waals surface area contributed by atoms with E-state index in [4.69, 9.17) is 37.4 Å². The topological polar surface area (TPSA) is 91.9 Å². The van der Waals surface area contributed by atoms with Crippen molar-refractivity contribution in [2.24, 2.45) is 0 Å². The lowest BCUT2D eigenvalue weighted by atomic mass is 10.0. The Bertz CT molecular complexity index is 1470. The van der Waals surface area contributed by atoms with E-state index in [9.17, 15) is 9.90 Å². The van der Waals surface area contributed by atoms with Crippen LogP contribution in [0.2, 0.25) is 10.0 Å². The first kappa shape index (κ1) is 24.5. The summed E-state index contributed by atoms with van der Waals surface area (Å²) < 4.78 is 12.0. The van der Waals surface area contributed by atoms with Gasteiger partial charge in [-0.2, -0.15) is 0 Å². The molecule has 0 atom stereocenters. The zero-order valence-electron chi connectivity index (χ0n) is 20.0. The summed E-state index contributed by atoms with van der Waals surface area (Å²) in [6, 6.07) is 8.65. The molecule has 0 radical (unpaired) electrons. The van der Waals surface area contributed by atoms with E-state index < -0.39 is 5.97 Å². The predicted octanol–water partition coefficient (Wildman–Crippen LogP) is 6.16. The number of ether oxygens (including phenoxy) is 1. The average Bonchev–Trinajstić information content (AvgIpc) is 3.51. The van der Waals surface area contributed by atoms with E-state index in [1.54, 1.807) is 6.07 Å². The third-order valence-electron chi connectivity index (χ3n) is 6.91. The summed E-state index contributed by atoms with van der Waals surface area (Å²) >= 11 is 14.5. The molecule has 2 aliphatic rings. The maximum absolute atomic E-state index is 11.5. The molecule has 0 amide bonds. The zero-order valence-corrected chi connectivity index (χ0v) is 22.4. The molecule has 0 spiro atoms. The first-order chi connectivity index (χ1) is 17.9. The van der Waals surface area contributed by atoms with Crippen LogP contribution in [-0.2, 0) is 6.54 Å². The van der Waals surface area contributed by atoms with Crippen molar-refractivity contribution in [1.29, 1.82) is 0 Å². The van der Waals surface area contributed by atoms with Crippen LogP contribution in [0.15, 0.2) is 34.9 Å². The number of methoxy groups -OCH3 is 1. The Hall–Kier alpha value is -2.85. The number of fused-ring (bicyclic) bond motifs is 1. The molecule has 11 heteroatoms. The number of piperazine rings is 1. The van der Waals surface area contributed by atoms with Gasteiger partial charge >= 0.3 is 5.97 Å². The number of carboxylic acid groups (broad SMARTS) is 1. The van der Waals surface area contributed by atoms with Crippen LogP contribution in [0.25, 0.3) is 21.5 Å². The van der Waals surface area contributed by atoms with Crippen molar-refractivity contribution >= 4 is 55.9 Å². The number of hydrogen-bond donors (Lipinski definition) is 1. The number of rotatable bonds is 7. The van der Waals surface area contributed by atoms with E-state index in [1.807, 2.05) is 18.2 Å². The molecule has 192 valence electrons. The maximum Gasteiger partial charge on any atom is 0.335 e. The quantitative estimate of drug-likeness (QED) is 0.288. The molecule has 2 aromatic carbocycles. The largest absolute Gasteiger partial charge is 0.494 e. The highest BCUT2D eigenvalue weighted by Crippen LogP contribution is 2.46. The van der Waals surface area contributed by atoms with E-state index in [-0.39, 0.29) is 5.56 Å². The molecule has 1 saturated carbocycles. The zero-order chi connectivity index (χ0) is 25.7. The summed E-state index contributed by atoms with van der Waals surface area (Å²) in [5.74, 6) is 0.843. The van der Waals surface area contributed by atoms with Crippen LogP contribution < -0.4 is 9.64 Å². The van der Waals surface area contributed by atoms with Crippen LogP contribution in [-0.4, -0.2) is 59.4 Å². The van der Waals surface area contributed by atoms with Crippen molar-refractivity contribution in [2.45, 2.75) is 25.3 Å². The van der Waals surface area contributed by atoms with Gasteiger partial charge in [0.25, 0.3) is 0 Å². The van der Waals surface area contributed by atoms with Crippen LogP contribution in [0, 0.1) is 0 Å². The smallest absolute Gasteiger partial charge is 0.335 e. The number of nitrogens with zero attached hydrogens (tertiary/aromatic N) is 4. The summed E-state index contributed by atoms with van der Waals surface area (Å²) in [6.45, 7) is 3.95.